The lowest BCUT2D eigenvalue weighted by Crippen LogP contribution is -2.39. The number of nitrogens with zero attached hydrogens (tertiary/aromatic N) is 4. The number of carbonyl (C=O) groups excluding carboxylic acids is 1. The molecule has 7 nitrogen and oxygen atoms in total. The van der Waals surface area contributed by atoms with Crippen molar-refractivity contribution >= 4 is 5.91 Å². The van der Waals surface area contributed by atoms with Crippen LogP contribution in [0.4, 0.5) is 0 Å². The highest BCUT2D eigenvalue weighted by Crippen LogP contribution is 2.23. The number of nitrogens with one attached hydrogen (secondary N) is 1. The van der Waals surface area contributed by atoms with Gasteiger partial charge in [-0.25, -0.2) is 0 Å². The van der Waals surface area contributed by atoms with Crippen molar-refractivity contribution in [3.8, 4) is 0 Å². The van der Waals surface area contributed by atoms with Crippen LogP contribution in [0.15, 0.2) is 29.6 Å². The van der Waals surface area contributed by atoms with E-state index in [1.807, 2.05) is 16.4 Å². The number of likely N-dealkylation sites (tertiary alicyclic amines) is 1. The topological polar surface area (TPSA) is 83.9 Å². The summed E-state index contributed by atoms with van der Waals surface area (Å²) >= 11 is 0. The Balaban J connectivity index is 1.71. The molecule has 7 heteroatoms. The molecule has 2 aromatic heterocycles. The smallest absolute Gasteiger partial charge is 0.255 e. The molecule has 0 unspecified atom stereocenters. The summed E-state index contributed by atoms with van der Waals surface area (Å²) in [6, 6.07) is 3.39. The van der Waals surface area contributed by atoms with Gasteiger partial charge in [0.2, 0.25) is 5.56 Å². The molecule has 1 saturated heterocycles. The molecule has 3 heterocycles. The van der Waals surface area contributed by atoms with Gasteiger partial charge in [0.15, 0.2) is 0 Å². The molecule has 2 aromatic rings. The van der Waals surface area contributed by atoms with Gasteiger partial charge in [0.05, 0.1) is 5.56 Å². The van der Waals surface area contributed by atoms with Gasteiger partial charge in [-0.05, 0) is 25.3 Å². The zero-order valence-corrected chi connectivity index (χ0v) is 12.5. The molecule has 0 aromatic carbocycles. The van der Waals surface area contributed by atoms with Crippen LogP contribution in [0.3, 0.4) is 0 Å². The first-order valence-electron chi connectivity index (χ1n) is 7.54. The van der Waals surface area contributed by atoms with Crippen molar-refractivity contribution in [3.05, 3.63) is 46.4 Å². The van der Waals surface area contributed by atoms with Crippen molar-refractivity contribution in [1.29, 1.82) is 0 Å². The molecule has 22 heavy (non-hydrogen) atoms. The summed E-state index contributed by atoms with van der Waals surface area (Å²) in [5.74, 6) is -0.00435. The first kappa shape index (κ1) is 14.5. The Labute approximate surface area is 128 Å². The maximum absolute atomic E-state index is 12.7. The predicted octanol–water partition coefficient (Wildman–Crippen LogP) is 1.01. The van der Waals surface area contributed by atoms with E-state index < -0.39 is 0 Å². The van der Waals surface area contributed by atoms with Gasteiger partial charge in [-0.3, -0.25) is 9.59 Å². The number of hydrogen-bond acceptors (Lipinski definition) is 4. The van der Waals surface area contributed by atoms with E-state index in [0.29, 0.717) is 36.8 Å². The second-order valence-electron chi connectivity index (χ2n) is 5.50. The van der Waals surface area contributed by atoms with Gasteiger partial charge in [0.1, 0.15) is 12.7 Å². The molecule has 1 amide bonds. The second-order valence-corrected chi connectivity index (χ2v) is 5.50. The monoisotopic (exact) mass is 301 g/mol. The third-order valence-electron chi connectivity index (χ3n) is 4.19. The maximum Gasteiger partial charge on any atom is 0.255 e. The van der Waals surface area contributed by atoms with Crippen molar-refractivity contribution in [2.75, 3.05) is 13.1 Å². The van der Waals surface area contributed by atoms with Crippen molar-refractivity contribution in [3.63, 3.8) is 0 Å². The van der Waals surface area contributed by atoms with Crippen LogP contribution >= 0.6 is 0 Å². The molecule has 0 saturated carbocycles. The zero-order chi connectivity index (χ0) is 15.5. The van der Waals surface area contributed by atoms with Crippen LogP contribution in [0.1, 0.15) is 41.9 Å². The fourth-order valence-corrected chi connectivity index (χ4v) is 2.93. The molecule has 1 aliphatic heterocycles. The lowest BCUT2D eigenvalue weighted by atomic mass is 10.0. The van der Waals surface area contributed by atoms with Crippen LogP contribution in [0.25, 0.3) is 0 Å². The highest BCUT2D eigenvalue weighted by atomic mass is 16.2. The van der Waals surface area contributed by atoms with Crippen molar-refractivity contribution in [1.82, 2.24) is 24.6 Å². The Morgan fingerprint density at radius 3 is 2.59 bits per heavy atom. The lowest BCUT2D eigenvalue weighted by molar-refractivity contribution is 0.0693. The number of carbonyl (C=O) groups is 1. The zero-order valence-electron chi connectivity index (χ0n) is 12.5. The number of aromatic amines is 1. The number of amides is 1. The van der Waals surface area contributed by atoms with E-state index in [1.165, 1.54) is 6.07 Å². The number of H-pyrrole nitrogens is 1. The van der Waals surface area contributed by atoms with E-state index in [-0.39, 0.29) is 11.5 Å². The summed E-state index contributed by atoms with van der Waals surface area (Å²) in [7, 11) is 0. The molecule has 1 aliphatic rings. The van der Waals surface area contributed by atoms with Crippen LogP contribution in [0.5, 0.6) is 0 Å². The SMILES string of the molecule is CCc1[nH]c(=O)ccc1C(=O)N1CCC(n2cnnc2)CC1. The third-order valence-corrected chi connectivity index (χ3v) is 4.19. The molecule has 0 atom stereocenters. The van der Waals surface area contributed by atoms with Crippen LogP contribution in [-0.2, 0) is 6.42 Å². The summed E-state index contributed by atoms with van der Waals surface area (Å²) < 4.78 is 2.00. The average molecular weight is 301 g/mol. The van der Waals surface area contributed by atoms with Crippen LogP contribution in [-0.4, -0.2) is 43.6 Å². The Kier molecular flexibility index (Phi) is 4.04. The molecule has 1 N–H and O–H groups in total. The molecular formula is C15H19N5O2. The summed E-state index contributed by atoms with van der Waals surface area (Å²) in [6.45, 7) is 3.33. The lowest BCUT2D eigenvalue weighted by Gasteiger charge is -2.32. The average Bonchev–Trinajstić information content (AvgIpc) is 3.08. The minimum Gasteiger partial charge on any atom is -0.338 e. The number of aromatic nitrogens is 4. The van der Waals surface area contributed by atoms with E-state index >= 15 is 0 Å². The standard InChI is InChI=1S/C15H19N5O2/c1-2-13-12(3-4-14(21)18-13)15(22)19-7-5-11(6-8-19)20-9-16-17-10-20/h3-4,9-11H,2,5-8H2,1H3,(H,18,21). The first-order chi connectivity index (χ1) is 10.7. The number of hydrogen-bond donors (Lipinski definition) is 1. The van der Waals surface area contributed by atoms with Crippen LogP contribution < -0.4 is 5.56 Å². The summed E-state index contributed by atoms with van der Waals surface area (Å²) in [5, 5.41) is 7.66. The highest BCUT2D eigenvalue weighted by molar-refractivity contribution is 5.95. The molecule has 0 radical (unpaired) electrons. The molecule has 0 aliphatic carbocycles. The predicted molar refractivity (Wildman–Crippen MR) is 80.6 cm³/mol. The summed E-state index contributed by atoms with van der Waals surface area (Å²) in [6.07, 6.45) is 5.84. The molecule has 3 rings (SSSR count). The van der Waals surface area contributed by atoms with Gasteiger partial charge in [0, 0.05) is 30.9 Å². The van der Waals surface area contributed by atoms with Gasteiger partial charge in [-0.1, -0.05) is 6.92 Å². The Morgan fingerprint density at radius 1 is 1.27 bits per heavy atom. The van der Waals surface area contributed by atoms with E-state index in [0.717, 1.165) is 12.8 Å². The van der Waals surface area contributed by atoms with Crippen molar-refractivity contribution in [2.45, 2.75) is 32.2 Å². The molecule has 0 bridgehead atoms. The molecule has 1 fully saturated rings. The van der Waals surface area contributed by atoms with Gasteiger partial charge >= 0.3 is 0 Å². The quantitative estimate of drug-likeness (QED) is 0.917. The summed E-state index contributed by atoms with van der Waals surface area (Å²) in [5.41, 5.74) is 1.14. The maximum atomic E-state index is 12.7. The fourth-order valence-electron chi connectivity index (χ4n) is 2.93. The van der Waals surface area contributed by atoms with Gasteiger partial charge in [-0.2, -0.15) is 0 Å². The van der Waals surface area contributed by atoms with E-state index in [1.54, 1.807) is 18.7 Å². The van der Waals surface area contributed by atoms with E-state index in [9.17, 15) is 9.59 Å². The largest absolute Gasteiger partial charge is 0.338 e. The number of aryl methyl sites for hydroxylation is 1. The first-order valence-corrected chi connectivity index (χ1v) is 7.54. The van der Waals surface area contributed by atoms with Gasteiger partial charge < -0.3 is 14.5 Å². The number of piperidine rings is 1. The number of pyridine rings is 1. The fraction of sp³-hybridized carbons (Fsp3) is 0.467. The Hall–Kier alpha value is -2.44. The Bertz CT molecular complexity index is 699. The Morgan fingerprint density at radius 2 is 1.95 bits per heavy atom. The number of rotatable bonds is 3. The summed E-state index contributed by atoms with van der Waals surface area (Å²) in [4.78, 5) is 28.6. The van der Waals surface area contributed by atoms with Crippen LogP contribution in [0.2, 0.25) is 0 Å². The second kappa shape index (κ2) is 6.13. The van der Waals surface area contributed by atoms with Gasteiger partial charge in [0.25, 0.3) is 5.91 Å². The van der Waals surface area contributed by atoms with Gasteiger partial charge in [-0.15, -0.1) is 10.2 Å². The van der Waals surface area contributed by atoms with Crippen molar-refractivity contribution < 1.29 is 4.79 Å². The normalized spacial score (nSPS) is 16.0. The van der Waals surface area contributed by atoms with Crippen molar-refractivity contribution in [2.24, 2.45) is 0 Å². The molecule has 0 spiro atoms. The third kappa shape index (κ3) is 2.79. The molecule has 116 valence electrons. The minimum absolute atomic E-state index is 0.00435. The highest BCUT2D eigenvalue weighted by Gasteiger charge is 2.25. The van der Waals surface area contributed by atoms with Crippen LogP contribution in [0, 0.1) is 0 Å². The van der Waals surface area contributed by atoms with E-state index in [4.69, 9.17) is 0 Å². The molecular weight excluding hydrogens is 282 g/mol. The van der Waals surface area contributed by atoms with E-state index in [2.05, 4.69) is 15.2 Å². The minimum atomic E-state index is -0.167.